The fraction of sp³-hybridized carbons (Fsp3) is 0.0435. The van der Waals surface area contributed by atoms with Gasteiger partial charge in [0.25, 0.3) is 0 Å². The molecule has 0 atom stereocenters. The van der Waals surface area contributed by atoms with E-state index in [0.29, 0.717) is 26.9 Å². The molecule has 0 unspecified atom stereocenters. The van der Waals surface area contributed by atoms with Gasteiger partial charge in [0.15, 0.2) is 5.78 Å². The molecule has 5 heteroatoms. The predicted molar refractivity (Wildman–Crippen MR) is 112 cm³/mol. The Hall–Kier alpha value is -2.88. The van der Waals surface area contributed by atoms with Crippen molar-refractivity contribution < 1.29 is 14.3 Å². The Morgan fingerprint density at radius 2 is 1.36 bits per heavy atom. The Kier molecular flexibility index (Phi) is 4.80. The molecule has 0 heterocycles. The molecule has 0 saturated heterocycles. The van der Waals surface area contributed by atoms with Crippen LogP contribution in [0.3, 0.4) is 0 Å². The minimum atomic E-state index is -0.446. The SMILES string of the molecule is CC(=O)Oc1cc2c(c(-c3ccc(Cl)cc3)c1)C=C(c1ccc(Cl)cc1)C2=O. The molecule has 0 saturated carbocycles. The van der Waals surface area contributed by atoms with Gasteiger partial charge in [-0.25, -0.2) is 0 Å². The molecule has 0 radical (unpaired) electrons. The van der Waals surface area contributed by atoms with Crippen molar-refractivity contribution in [3.8, 4) is 16.9 Å². The Morgan fingerprint density at radius 1 is 0.821 bits per heavy atom. The second-order valence-electron chi connectivity index (χ2n) is 6.43. The number of hydrogen-bond acceptors (Lipinski definition) is 3. The second-order valence-corrected chi connectivity index (χ2v) is 7.30. The molecular formula is C23H14Cl2O3. The molecule has 0 N–H and O–H groups in total. The van der Waals surface area contributed by atoms with E-state index in [1.54, 1.807) is 36.4 Å². The highest BCUT2D eigenvalue weighted by atomic mass is 35.5. The third-order valence-electron chi connectivity index (χ3n) is 4.50. The minimum absolute atomic E-state index is 0.124. The van der Waals surface area contributed by atoms with Gasteiger partial charge in [-0.15, -0.1) is 0 Å². The largest absolute Gasteiger partial charge is 0.427 e. The molecule has 0 fully saturated rings. The molecule has 0 amide bonds. The van der Waals surface area contributed by atoms with Crippen molar-refractivity contribution in [1.29, 1.82) is 0 Å². The van der Waals surface area contributed by atoms with E-state index in [-0.39, 0.29) is 5.78 Å². The van der Waals surface area contributed by atoms with Crippen LogP contribution in [-0.2, 0) is 4.79 Å². The summed E-state index contributed by atoms with van der Waals surface area (Å²) in [6, 6.07) is 17.8. The van der Waals surface area contributed by atoms with E-state index in [4.69, 9.17) is 27.9 Å². The van der Waals surface area contributed by atoms with Crippen molar-refractivity contribution >= 4 is 46.6 Å². The predicted octanol–water partition coefficient (Wildman–Crippen LogP) is 6.32. The van der Waals surface area contributed by atoms with E-state index in [1.165, 1.54) is 6.92 Å². The van der Waals surface area contributed by atoms with Gasteiger partial charge in [0.05, 0.1) is 0 Å². The lowest BCUT2D eigenvalue weighted by atomic mass is 9.96. The number of allylic oxidation sites excluding steroid dienone is 1. The molecule has 138 valence electrons. The zero-order chi connectivity index (χ0) is 19.8. The molecule has 3 aromatic rings. The lowest BCUT2D eigenvalue weighted by Gasteiger charge is -2.11. The second kappa shape index (κ2) is 7.27. The highest BCUT2D eigenvalue weighted by molar-refractivity contribution is 6.38. The average Bonchev–Trinajstić information content (AvgIpc) is 2.99. The zero-order valence-corrected chi connectivity index (χ0v) is 16.3. The molecule has 1 aliphatic carbocycles. The maximum absolute atomic E-state index is 13.1. The van der Waals surface area contributed by atoms with Crippen molar-refractivity contribution in [2.45, 2.75) is 6.92 Å². The first-order valence-electron chi connectivity index (χ1n) is 8.57. The van der Waals surface area contributed by atoms with E-state index >= 15 is 0 Å². The number of rotatable bonds is 3. The maximum Gasteiger partial charge on any atom is 0.308 e. The van der Waals surface area contributed by atoms with Crippen molar-refractivity contribution in [3.05, 3.63) is 87.4 Å². The van der Waals surface area contributed by atoms with Crippen LogP contribution in [0.1, 0.15) is 28.4 Å². The molecule has 0 bridgehead atoms. The fourth-order valence-electron chi connectivity index (χ4n) is 3.26. The van der Waals surface area contributed by atoms with E-state index in [9.17, 15) is 9.59 Å². The van der Waals surface area contributed by atoms with E-state index in [0.717, 1.165) is 22.3 Å². The summed E-state index contributed by atoms with van der Waals surface area (Å²) in [4.78, 5) is 24.5. The number of carbonyl (C=O) groups is 2. The van der Waals surface area contributed by atoms with Gasteiger partial charge < -0.3 is 4.74 Å². The summed E-state index contributed by atoms with van der Waals surface area (Å²) in [5.41, 5.74) is 4.30. The number of carbonyl (C=O) groups excluding carboxylic acids is 2. The Labute approximate surface area is 172 Å². The number of fused-ring (bicyclic) bond motifs is 1. The third-order valence-corrected chi connectivity index (χ3v) is 5.01. The summed E-state index contributed by atoms with van der Waals surface area (Å²) < 4.78 is 5.27. The van der Waals surface area contributed by atoms with Crippen molar-refractivity contribution in [1.82, 2.24) is 0 Å². The number of halogens is 2. The first-order chi connectivity index (χ1) is 13.4. The molecule has 3 aromatic carbocycles. The number of Topliss-reactive ketones (excluding diaryl/α,β-unsaturated/α-hetero) is 1. The van der Waals surface area contributed by atoms with Gasteiger partial charge in [0.1, 0.15) is 5.75 Å². The van der Waals surface area contributed by atoms with Crippen molar-refractivity contribution in [2.24, 2.45) is 0 Å². The molecule has 28 heavy (non-hydrogen) atoms. The molecule has 1 aliphatic rings. The average molecular weight is 409 g/mol. The summed E-state index contributed by atoms with van der Waals surface area (Å²) in [6.07, 6.45) is 1.86. The van der Waals surface area contributed by atoms with Gasteiger partial charge in [-0.05, 0) is 64.7 Å². The van der Waals surface area contributed by atoms with Crippen LogP contribution in [0.2, 0.25) is 10.0 Å². The van der Waals surface area contributed by atoms with E-state index in [1.807, 2.05) is 30.3 Å². The molecule has 0 aromatic heterocycles. The van der Waals surface area contributed by atoms with Crippen LogP contribution >= 0.6 is 23.2 Å². The van der Waals surface area contributed by atoms with Crippen LogP contribution in [0.15, 0.2) is 60.7 Å². The molecule has 4 rings (SSSR count). The number of esters is 1. The molecule has 3 nitrogen and oxygen atoms in total. The minimum Gasteiger partial charge on any atom is -0.427 e. The molecule has 0 aliphatic heterocycles. The van der Waals surface area contributed by atoms with Crippen LogP contribution in [-0.4, -0.2) is 11.8 Å². The van der Waals surface area contributed by atoms with Crippen LogP contribution in [0, 0.1) is 0 Å². The van der Waals surface area contributed by atoms with Crippen LogP contribution < -0.4 is 4.74 Å². The zero-order valence-electron chi connectivity index (χ0n) is 14.8. The van der Waals surface area contributed by atoms with Crippen molar-refractivity contribution in [3.63, 3.8) is 0 Å². The summed E-state index contributed by atoms with van der Waals surface area (Å²) >= 11 is 12.0. The fourth-order valence-corrected chi connectivity index (χ4v) is 3.51. The van der Waals surface area contributed by atoms with E-state index < -0.39 is 5.97 Å². The normalized spacial score (nSPS) is 12.5. The monoisotopic (exact) mass is 408 g/mol. The Balaban J connectivity index is 1.89. The number of benzene rings is 3. The number of ketones is 1. The highest BCUT2D eigenvalue weighted by Gasteiger charge is 2.27. The topological polar surface area (TPSA) is 43.4 Å². The molecular weight excluding hydrogens is 395 g/mol. The molecule has 0 spiro atoms. The standard InChI is InChI=1S/C23H14Cl2O3/c1-13(26)28-18-10-19(14-2-6-16(24)7-3-14)21-12-20(23(27)22(21)11-18)15-4-8-17(25)9-5-15/h2-12H,1H3. The first-order valence-corrected chi connectivity index (χ1v) is 9.33. The summed E-state index contributed by atoms with van der Waals surface area (Å²) in [6.45, 7) is 1.33. The van der Waals surface area contributed by atoms with Gasteiger partial charge in [0.2, 0.25) is 0 Å². The lowest BCUT2D eigenvalue weighted by Crippen LogP contribution is -2.04. The third kappa shape index (κ3) is 3.47. The lowest BCUT2D eigenvalue weighted by molar-refractivity contribution is -0.131. The number of hydrogen-bond donors (Lipinski definition) is 0. The first kappa shape index (κ1) is 18.5. The Morgan fingerprint density at radius 3 is 1.93 bits per heavy atom. The summed E-state index contributed by atoms with van der Waals surface area (Å²) in [7, 11) is 0. The van der Waals surface area contributed by atoms with Gasteiger partial charge in [-0.2, -0.15) is 0 Å². The number of ether oxygens (including phenoxy) is 1. The summed E-state index contributed by atoms with van der Waals surface area (Å²) in [5, 5.41) is 1.22. The van der Waals surface area contributed by atoms with Crippen LogP contribution in [0.5, 0.6) is 5.75 Å². The van der Waals surface area contributed by atoms with Gasteiger partial charge in [-0.1, -0.05) is 47.5 Å². The van der Waals surface area contributed by atoms with Crippen molar-refractivity contribution in [2.75, 3.05) is 0 Å². The van der Waals surface area contributed by atoms with Gasteiger partial charge in [-0.3, -0.25) is 9.59 Å². The Bertz CT molecular complexity index is 1130. The van der Waals surface area contributed by atoms with E-state index in [2.05, 4.69) is 0 Å². The quantitative estimate of drug-likeness (QED) is 0.375. The smallest absolute Gasteiger partial charge is 0.308 e. The van der Waals surface area contributed by atoms with Crippen LogP contribution in [0.4, 0.5) is 0 Å². The highest BCUT2D eigenvalue weighted by Crippen LogP contribution is 2.40. The van der Waals surface area contributed by atoms with Crippen LogP contribution in [0.25, 0.3) is 22.8 Å². The summed E-state index contributed by atoms with van der Waals surface area (Å²) in [5.74, 6) is -0.241. The van der Waals surface area contributed by atoms with Gasteiger partial charge in [0, 0.05) is 28.1 Å². The van der Waals surface area contributed by atoms with Gasteiger partial charge >= 0.3 is 5.97 Å². The maximum atomic E-state index is 13.1.